The molecule has 0 atom stereocenters. The van der Waals surface area contributed by atoms with Crippen LogP contribution < -0.4 is 15.2 Å². The number of fused-ring (bicyclic) bond motifs is 1. The molecule has 12 heavy (non-hydrogen) atoms. The van der Waals surface area contributed by atoms with Crippen LogP contribution in [0.15, 0.2) is 30.4 Å². The van der Waals surface area contributed by atoms with Gasteiger partial charge in [0.15, 0.2) is 11.0 Å². The number of benzene rings is 1. The lowest BCUT2D eigenvalue weighted by atomic mass is 10.1. The third-order valence-electron chi connectivity index (χ3n) is 1.88. The summed E-state index contributed by atoms with van der Waals surface area (Å²) in [6, 6.07) is 5.95. The van der Waals surface area contributed by atoms with Gasteiger partial charge in [-0.15, -0.1) is 0 Å². The Kier molecular flexibility index (Phi) is 1.65. The zero-order chi connectivity index (χ0) is 8.39. The van der Waals surface area contributed by atoms with Crippen molar-refractivity contribution in [3.63, 3.8) is 0 Å². The number of hydrogen-bond acceptors (Lipinski definition) is 1. The summed E-state index contributed by atoms with van der Waals surface area (Å²) in [6.45, 7) is 0. The minimum atomic E-state index is 0.907. The van der Waals surface area contributed by atoms with E-state index in [1.807, 2.05) is 36.4 Å². The second kappa shape index (κ2) is 2.80. The lowest BCUT2D eigenvalue weighted by Crippen LogP contribution is -2.26. The maximum absolute atomic E-state index is 5.21. The van der Waals surface area contributed by atoms with Gasteiger partial charge in [0.2, 0.25) is 0 Å². The molecule has 1 aliphatic rings. The molecular formula is C11H9O+. The summed E-state index contributed by atoms with van der Waals surface area (Å²) in [4.78, 5) is 0. The summed E-state index contributed by atoms with van der Waals surface area (Å²) < 4.78 is 5.21. The van der Waals surface area contributed by atoms with E-state index in [-0.39, 0.29) is 0 Å². The zero-order valence-corrected chi connectivity index (χ0v) is 6.87. The highest BCUT2D eigenvalue weighted by molar-refractivity contribution is 5.55. The topological polar surface area (TPSA) is 9.23 Å². The van der Waals surface area contributed by atoms with Gasteiger partial charge in [0.05, 0.1) is 13.2 Å². The minimum absolute atomic E-state index is 0.907. The monoisotopic (exact) mass is 157 g/mol. The molecule has 0 spiro atoms. The smallest absolute Gasteiger partial charge is 0.171 e. The van der Waals surface area contributed by atoms with Gasteiger partial charge in [-0.3, -0.25) is 0 Å². The molecule has 1 aliphatic carbocycles. The van der Waals surface area contributed by atoms with Crippen molar-refractivity contribution in [1.82, 2.24) is 0 Å². The SMILES string of the molecule is COc1cccc2c1=CC=C[C+]=2. The fourth-order valence-electron chi connectivity index (χ4n) is 1.30. The highest BCUT2D eigenvalue weighted by Crippen LogP contribution is 1.99. The van der Waals surface area contributed by atoms with Crippen LogP contribution in [0.1, 0.15) is 0 Å². The zero-order valence-electron chi connectivity index (χ0n) is 6.87. The van der Waals surface area contributed by atoms with Crippen LogP contribution in [0.25, 0.3) is 12.2 Å². The normalized spacial score (nSPS) is 12.1. The highest BCUT2D eigenvalue weighted by atomic mass is 16.5. The fraction of sp³-hybridized carbons (Fsp3) is 0.0909. The van der Waals surface area contributed by atoms with E-state index in [1.165, 1.54) is 0 Å². The van der Waals surface area contributed by atoms with Crippen molar-refractivity contribution in [2.45, 2.75) is 0 Å². The summed E-state index contributed by atoms with van der Waals surface area (Å²) in [7, 11) is 1.68. The van der Waals surface area contributed by atoms with Crippen molar-refractivity contribution in [3.8, 4) is 5.75 Å². The summed E-state index contributed by atoms with van der Waals surface area (Å²) in [5.41, 5.74) is 0. The van der Waals surface area contributed by atoms with Crippen molar-refractivity contribution < 1.29 is 4.74 Å². The second-order valence-corrected chi connectivity index (χ2v) is 2.59. The molecule has 0 heterocycles. The first-order valence-electron chi connectivity index (χ1n) is 3.85. The van der Waals surface area contributed by atoms with E-state index in [0.29, 0.717) is 0 Å². The molecule has 0 saturated carbocycles. The standard InChI is InChI=1S/C11H9O/c1-12-11-8-4-6-9-5-2-3-7-10(9)11/h2-4,6-8H,1H3/q+1. The van der Waals surface area contributed by atoms with Gasteiger partial charge in [0.1, 0.15) is 5.22 Å². The molecule has 0 saturated heterocycles. The molecular weight excluding hydrogens is 148 g/mol. The van der Waals surface area contributed by atoms with Crippen LogP contribution in [-0.4, -0.2) is 7.11 Å². The Morgan fingerprint density at radius 1 is 1.33 bits per heavy atom. The van der Waals surface area contributed by atoms with Crippen LogP contribution in [0.5, 0.6) is 5.75 Å². The van der Waals surface area contributed by atoms with Crippen LogP contribution in [0.3, 0.4) is 0 Å². The Balaban J connectivity index is 2.82. The van der Waals surface area contributed by atoms with E-state index in [1.54, 1.807) is 7.11 Å². The largest absolute Gasteiger partial charge is 0.487 e. The van der Waals surface area contributed by atoms with Gasteiger partial charge in [0, 0.05) is 30.4 Å². The van der Waals surface area contributed by atoms with Gasteiger partial charge in [-0.05, 0) is 6.07 Å². The summed E-state index contributed by atoms with van der Waals surface area (Å²) in [5.74, 6) is 0.907. The van der Waals surface area contributed by atoms with Gasteiger partial charge in [0.25, 0.3) is 0 Å². The number of allylic oxidation sites excluding steroid dienone is 2. The van der Waals surface area contributed by atoms with Gasteiger partial charge in [-0.25, -0.2) is 0 Å². The fourth-order valence-corrected chi connectivity index (χ4v) is 1.30. The first-order valence-corrected chi connectivity index (χ1v) is 3.85. The summed E-state index contributed by atoms with van der Waals surface area (Å²) >= 11 is 0. The molecule has 2 rings (SSSR count). The van der Waals surface area contributed by atoms with E-state index in [4.69, 9.17) is 4.74 Å². The van der Waals surface area contributed by atoms with Gasteiger partial charge >= 0.3 is 0 Å². The first kappa shape index (κ1) is 7.08. The number of hydrogen-bond donors (Lipinski definition) is 0. The van der Waals surface area contributed by atoms with Crippen molar-refractivity contribution >= 4 is 12.2 Å². The van der Waals surface area contributed by atoms with Crippen molar-refractivity contribution in [1.29, 1.82) is 0 Å². The number of methoxy groups -OCH3 is 1. The molecule has 1 nitrogen and oxygen atoms in total. The molecule has 0 aromatic heterocycles. The van der Waals surface area contributed by atoms with Gasteiger partial charge in [-0.2, -0.15) is 0 Å². The predicted octanol–water partition coefficient (Wildman–Crippen LogP) is 0.703. The van der Waals surface area contributed by atoms with E-state index >= 15 is 0 Å². The lowest BCUT2D eigenvalue weighted by Gasteiger charge is -1.96. The molecule has 1 aromatic rings. The van der Waals surface area contributed by atoms with Crippen molar-refractivity contribution in [3.05, 3.63) is 40.8 Å². The van der Waals surface area contributed by atoms with Crippen LogP contribution >= 0.6 is 0 Å². The summed E-state index contributed by atoms with van der Waals surface area (Å²) in [6.07, 6.45) is 9.05. The Morgan fingerprint density at radius 2 is 2.25 bits per heavy atom. The van der Waals surface area contributed by atoms with E-state index in [0.717, 1.165) is 16.2 Å². The van der Waals surface area contributed by atoms with E-state index in [9.17, 15) is 0 Å². The van der Waals surface area contributed by atoms with Crippen LogP contribution in [0, 0.1) is 0 Å². The minimum Gasteiger partial charge on any atom is -0.487 e. The first-order chi connectivity index (χ1) is 5.92. The lowest BCUT2D eigenvalue weighted by molar-refractivity contribution is 0.411. The van der Waals surface area contributed by atoms with Crippen LogP contribution in [0.2, 0.25) is 0 Å². The Morgan fingerprint density at radius 3 is 3.08 bits per heavy atom. The van der Waals surface area contributed by atoms with Crippen molar-refractivity contribution in [2.24, 2.45) is 0 Å². The molecule has 58 valence electrons. The van der Waals surface area contributed by atoms with Crippen LogP contribution in [0.4, 0.5) is 0 Å². The number of rotatable bonds is 1. The van der Waals surface area contributed by atoms with Crippen LogP contribution in [-0.2, 0) is 0 Å². The molecule has 0 fully saturated rings. The third kappa shape index (κ3) is 1.01. The molecule has 0 amide bonds. The summed E-state index contributed by atoms with van der Waals surface area (Å²) in [5, 5.41) is 2.21. The quantitative estimate of drug-likeness (QED) is 0.545. The average Bonchev–Trinajstić information content (AvgIpc) is 2.17. The predicted molar refractivity (Wildman–Crippen MR) is 49.3 cm³/mol. The molecule has 1 heteroatoms. The van der Waals surface area contributed by atoms with E-state index in [2.05, 4.69) is 6.08 Å². The molecule has 0 unspecified atom stereocenters. The maximum Gasteiger partial charge on any atom is 0.171 e. The Bertz CT molecular complexity index is 427. The third-order valence-corrected chi connectivity index (χ3v) is 1.88. The Hall–Kier alpha value is -1.59. The molecule has 0 radical (unpaired) electrons. The second-order valence-electron chi connectivity index (χ2n) is 2.59. The van der Waals surface area contributed by atoms with Crippen molar-refractivity contribution in [2.75, 3.05) is 7.11 Å². The molecule has 0 aliphatic heterocycles. The maximum atomic E-state index is 5.21. The van der Waals surface area contributed by atoms with E-state index < -0.39 is 0 Å². The molecule has 0 N–H and O–H groups in total. The highest BCUT2D eigenvalue weighted by Gasteiger charge is 2.03. The average molecular weight is 157 g/mol. The van der Waals surface area contributed by atoms with Gasteiger partial charge in [-0.1, -0.05) is 0 Å². The Labute approximate surface area is 71.3 Å². The number of ether oxygens (including phenoxy) is 1. The molecule has 0 bridgehead atoms. The van der Waals surface area contributed by atoms with Gasteiger partial charge < -0.3 is 4.74 Å². The molecule has 1 aromatic carbocycles.